The summed E-state index contributed by atoms with van der Waals surface area (Å²) in [5, 5.41) is 3.82. The van der Waals surface area contributed by atoms with Gasteiger partial charge in [0.25, 0.3) is 5.91 Å². The van der Waals surface area contributed by atoms with Crippen molar-refractivity contribution in [3.63, 3.8) is 0 Å². The summed E-state index contributed by atoms with van der Waals surface area (Å²) < 4.78 is 0. The zero-order valence-electron chi connectivity index (χ0n) is 15.0. The Morgan fingerprint density at radius 3 is 2.59 bits per heavy atom. The Morgan fingerprint density at radius 1 is 1.07 bits per heavy atom. The van der Waals surface area contributed by atoms with Gasteiger partial charge in [-0.05, 0) is 43.7 Å². The van der Waals surface area contributed by atoms with E-state index < -0.39 is 0 Å². The van der Waals surface area contributed by atoms with Crippen LogP contribution < -0.4 is 11.1 Å². The van der Waals surface area contributed by atoms with Crippen molar-refractivity contribution in [2.24, 2.45) is 0 Å². The third-order valence-electron chi connectivity index (χ3n) is 4.41. The maximum atomic E-state index is 12.4. The third-order valence-corrected chi connectivity index (χ3v) is 5.42. The number of nitrogen functional groups attached to an aromatic ring is 1. The van der Waals surface area contributed by atoms with Crippen LogP contribution in [0, 0.1) is 13.8 Å². The van der Waals surface area contributed by atoms with Crippen LogP contribution in [-0.4, -0.2) is 15.9 Å². The largest absolute Gasteiger partial charge is 0.383 e. The first-order valence-electron chi connectivity index (χ1n) is 8.51. The van der Waals surface area contributed by atoms with Crippen LogP contribution in [0.2, 0.25) is 0 Å². The first kappa shape index (κ1) is 17.2. The molecular weight excluding hydrogens is 356 g/mol. The highest BCUT2D eigenvalue weighted by Gasteiger charge is 2.15. The smallest absolute Gasteiger partial charge is 0.255 e. The average molecular weight is 374 g/mol. The fourth-order valence-corrected chi connectivity index (χ4v) is 4.14. The molecule has 0 saturated carbocycles. The standard InChI is InChI=1S/C21H18N4OS/c1-12-4-3-5-15(10-12)20(26)25-16-8-6-14(7-9-16)17-13(2)27-21-18(17)19(22)23-11-24-21/h3-11H,1-2H3,(H,25,26)(H2,22,23,24). The molecule has 27 heavy (non-hydrogen) atoms. The summed E-state index contributed by atoms with van der Waals surface area (Å²) in [4.78, 5) is 22.9. The fraction of sp³-hybridized carbons (Fsp3) is 0.0952. The monoisotopic (exact) mass is 374 g/mol. The number of hydrogen-bond donors (Lipinski definition) is 2. The van der Waals surface area contributed by atoms with Crippen molar-refractivity contribution >= 4 is 39.0 Å². The number of carbonyl (C=O) groups excluding carboxylic acids is 1. The molecule has 0 fully saturated rings. The van der Waals surface area contributed by atoms with E-state index in [1.807, 2.05) is 49.4 Å². The van der Waals surface area contributed by atoms with Gasteiger partial charge in [-0.15, -0.1) is 11.3 Å². The van der Waals surface area contributed by atoms with Gasteiger partial charge in [-0.3, -0.25) is 4.79 Å². The number of benzene rings is 2. The van der Waals surface area contributed by atoms with Crippen molar-refractivity contribution in [2.75, 3.05) is 11.1 Å². The molecule has 2 heterocycles. The number of carbonyl (C=O) groups is 1. The van der Waals surface area contributed by atoms with E-state index in [-0.39, 0.29) is 5.91 Å². The van der Waals surface area contributed by atoms with Crippen molar-refractivity contribution < 1.29 is 4.79 Å². The molecule has 2 aromatic heterocycles. The van der Waals surface area contributed by atoms with Crippen LogP contribution in [0.3, 0.4) is 0 Å². The number of fused-ring (bicyclic) bond motifs is 1. The quantitative estimate of drug-likeness (QED) is 0.539. The van der Waals surface area contributed by atoms with Crippen molar-refractivity contribution in [1.82, 2.24) is 9.97 Å². The Morgan fingerprint density at radius 2 is 1.85 bits per heavy atom. The number of anilines is 2. The Kier molecular flexibility index (Phi) is 4.33. The molecule has 5 nitrogen and oxygen atoms in total. The van der Waals surface area contributed by atoms with Crippen molar-refractivity contribution in [2.45, 2.75) is 13.8 Å². The number of hydrogen-bond acceptors (Lipinski definition) is 5. The highest BCUT2D eigenvalue weighted by Crippen LogP contribution is 2.39. The van der Waals surface area contributed by atoms with E-state index in [2.05, 4.69) is 22.2 Å². The summed E-state index contributed by atoms with van der Waals surface area (Å²) in [7, 11) is 0. The van der Waals surface area contributed by atoms with Gasteiger partial charge in [0.1, 0.15) is 17.0 Å². The van der Waals surface area contributed by atoms with Crippen molar-refractivity contribution in [3.05, 3.63) is 70.9 Å². The minimum Gasteiger partial charge on any atom is -0.383 e. The summed E-state index contributed by atoms with van der Waals surface area (Å²) in [6, 6.07) is 15.3. The normalized spacial score (nSPS) is 10.9. The van der Waals surface area contributed by atoms with Crippen LogP contribution in [0.4, 0.5) is 11.5 Å². The lowest BCUT2D eigenvalue weighted by Crippen LogP contribution is -2.11. The molecule has 0 bridgehead atoms. The second-order valence-electron chi connectivity index (χ2n) is 6.37. The summed E-state index contributed by atoms with van der Waals surface area (Å²) in [5.74, 6) is 0.359. The maximum absolute atomic E-state index is 12.4. The molecule has 0 unspecified atom stereocenters. The molecule has 0 atom stereocenters. The van der Waals surface area contributed by atoms with Crippen LogP contribution in [0.5, 0.6) is 0 Å². The highest BCUT2D eigenvalue weighted by molar-refractivity contribution is 7.19. The molecule has 3 N–H and O–H groups in total. The van der Waals surface area contributed by atoms with Gasteiger partial charge in [0.05, 0.1) is 5.39 Å². The highest BCUT2D eigenvalue weighted by atomic mass is 32.1. The molecule has 0 radical (unpaired) electrons. The third kappa shape index (κ3) is 3.27. The van der Waals surface area contributed by atoms with Gasteiger partial charge in [-0.1, -0.05) is 29.8 Å². The molecule has 4 rings (SSSR count). The molecule has 2 aromatic carbocycles. The second kappa shape index (κ2) is 6.81. The molecule has 0 saturated heterocycles. The second-order valence-corrected chi connectivity index (χ2v) is 7.58. The zero-order valence-corrected chi connectivity index (χ0v) is 15.8. The molecule has 1 amide bonds. The number of nitrogens with two attached hydrogens (primary N) is 1. The molecule has 0 aliphatic rings. The van der Waals surface area contributed by atoms with Gasteiger partial charge >= 0.3 is 0 Å². The summed E-state index contributed by atoms with van der Waals surface area (Å²) in [6.45, 7) is 4.02. The number of thiophene rings is 1. The van der Waals surface area contributed by atoms with Gasteiger partial charge in [0.15, 0.2) is 0 Å². The lowest BCUT2D eigenvalue weighted by atomic mass is 10.0. The molecule has 6 heteroatoms. The van der Waals surface area contributed by atoms with E-state index in [0.29, 0.717) is 11.4 Å². The van der Waals surface area contributed by atoms with E-state index in [4.69, 9.17) is 5.73 Å². The van der Waals surface area contributed by atoms with Crippen LogP contribution in [0.25, 0.3) is 21.3 Å². The topological polar surface area (TPSA) is 80.9 Å². The fourth-order valence-electron chi connectivity index (χ4n) is 3.12. The minimum atomic E-state index is -0.124. The van der Waals surface area contributed by atoms with Crippen molar-refractivity contribution in [3.8, 4) is 11.1 Å². The van der Waals surface area contributed by atoms with Crippen molar-refractivity contribution in [1.29, 1.82) is 0 Å². The Labute approximate surface area is 160 Å². The number of amides is 1. The number of aromatic nitrogens is 2. The van der Waals surface area contributed by atoms with Gasteiger partial charge in [-0.2, -0.15) is 0 Å². The Balaban J connectivity index is 1.64. The zero-order chi connectivity index (χ0) is 19.0. The SMILES string of the molecule is Cc1cccc(C(=O)Nc2ccc(-c3c(C)sc4ncnc(N)c34)cc2)c1. The number of nitrogens with one attached hydrogen (secondary N) is 1. The first-order valence-corrected chi connectivity index (χ1v) is 9.32. The summed E-state index contributed by atoms with van der Waals surface area (Å²) in [5.41, 5.74) is 10.6. The number of rotatable bonds is 3. The van der Waals surface area contributed by atoms with Gasteiger partial charge in [0.2, 0.25) is 0 Å². The maximum Gasteiger partial charge on any atom is 0.255 e. The molecular formula is C21H18N4OS. The Hall–Kier alpha value is -3.25. The van der Waals surface area contributed by atoms with Crippen LogP contribution in [0.15, 0.2) is 54.9 Å². The van der Waals surface area contributed by atoms with Crippen LogP contribution in [0.1, 0.15) is 20.8 Å². The lowest BCUT2D eigenvalue weighted by molar-refractivity contribution is 0.102. The first-order chi connectivity index (χ1) is 13.0. The summed E-state index contributed by atoms with van der Waals surface area (Å²) in [6.07, 6.45) is 1.49. The molecule has 4 aromatic rings. The molecule has 0 aliphatic heterocycles. The number of nitrogens with zero attached hydrogens (tertiary/aromatic N) is 2. The minimum absolute atomic E-state index is 0.124. The van der Waals surface area contributed by atoms with Crippen LogP contribution in [-0.2, 0) is 0 Å². The van der Waals surface area contributed by atoms with Gasteiger partial charge < -0.3 is 11.1 Å². The Bertz CT molecular complexity index is 1150. The average Bonchev–Trinajstić information content (AvgIpc) is 3.00. The molecule has 0 aliphatic carbocycles. The van der Waals surface area contributed by atoms with E-state index in [0.717, 1.165) is 37.5 Å². The molecule has 134 valence electrons. The van der Waals surface area contributed by atoms with E-state index >= 15 is 0 Å². The summed E-state index contributed by atoms with van der Waals surface area (Å²) >= 11 is 1.60. The van der Waals surface area contributed by atoms with Gasteiger partial charge in [0, 0.05) is 21.7 Å². The predicted molar refractivity (Wildman–Crippen MR) is 111 cm³/mol. The predicted octanol–water partition coefficient (Wildman–Crippen LogP) is 4.81. The number of aryl methyl sites for hydroxylation is 2. The lowest BCUT2D eigenvalue weighted by Gasteiger charge is -2.08. The van der Waals surface area contributed by atoms with E-state index in [1.54, 1.807) is 17.4 Å². The van der Waals surface area contributed by atoms with Crippen LogP contribution >= 0.6 is 11.3 Å². The molecule has 0 spiro atoms. The van der Waals surface area contributed by atoms with E-state index in [9.17, 15) is 4.79 Å². The van der Waals surface area contributed by atoms with E-state index in [1.165, 1.54) is 6.33 Å². The van der Waals surface area contributed by atoms with Gasteiger partial charge in [-0.25, -0.2) is 9.97 Å².